The molecule has 1 rings (SSSR count). The molecule has 2 atom stereocenters. The highest BCUT2D eigenvalue weighted by Gasteiger charge is 2.48. The molecular weight excluding hydrogens is 229 g/mol. The highest BCUT2D eigenvalue weighted by Crippen LogP contribution is 2.31. The fourth-order valence-electron chi connectivity index (χ4n) is 1.78. The second-order valence-electron chi connectivity index (χ2n) is 5.58. The number of aliphatic carboxylic acids is 1. The number of amides is 1. The maximum atomic E-state index is 13.8. The van der Waals surface area contributed by atoms with Crippen molar-refractivity contribution in [2.45, 2.75) is 51.4 Å². The van der Waals surface area contributed by atoms with Crippen LogP contribution in [0, 0.1) is 0 Å². The molecule has 0 unspecified atom stereocenters. The number of alkyl halides is 1. The molecule has 0 saturated carbocycles. The van der Waals surface area contributed by atoms with Gasteiger partial charge in [-0.1, -0.05) is 0 Å². The number of carbonyl (C=O) groups excluding carboxylic acids is 1. The van der Waals surface area contributed by atoms with Crippen molar-refractivity contribution < 1.29 is 23.8 Å². The Balaban J connectivity index is 2.81. The third-order valence-electron chi connectivity index (χ3n) is 2.41. The molecule has 5 nitrogen and oxygen atoms in total. The lowest BCUT2D eigenvalue weighted by atomic mass is 10.1. The van der Waals surface area contributed by atoms with E-state index in [4.69, 9.17) is 9.84 Å². The molecule has 1 aliphatic heterocycles. The summed E-state index contributed by atoms with van der Waals surface area (Å²) in [5.41, 5.74) is -2.41. The molecule has 1 heterocycles. The van der Waals surface area contributed by atoms with Gasteiger partial charge in [-0.15, -0.1) is 0 Å². The second-order valence-corrected chi connectivity index (χ2v) is 5.58. The fourth-order valence-corrected chi connectivity index (χ4v) is 1.78. The standard InChI is InChI=1S/C11H18FNO4/c1-10(2,3)17-9(16)13-6-11(4,12)5-7(13)8(14)15/h7H,5-6H2,1-4H3,(H,14,15)/t7-,11+/m0/s1. The van der Waals surface area contributed by atoms with E-state index in [0.29, 0.717) is 0 Å². The predicted molar refractivity (Wildman–Crippen MR) is 58.5 cm³/mol. The normalized spacial score (nSPS) is 29.2. The van der Waals surface area contributed by atoms with Gasteiger partial charge in [0.1, 0.15) is 17.3 Å². The minimum atomic E-state index is -1.68. The van der Waals surface area contributed by atoms with Crippen molar-refractivity contribution in [1.29, 1.82) is 0 Å². The average Bonchev–Trinajstić information content (AvgIpc) is 2.38. The lowest BCUT2D eigenvalue weighted by Gasteiger charge is -2.26. The van der Waals surface area contributed by atoms with Crippen molar-refractivity contribution in [3.05, 3.63) is 0 Å². The quantitative estimate of drug-likeness (QED) is 0.767. The summed E-state index contributed by atoms with van der Waals surface area (Å²) in [7, 11) is 0. The molecule has 1 N–H and O–H groups in total. The summed E-state index contributed by atoms with van der Waals surface area (Å²) in [6, 6.07) is -1.15. The van der Waals surface area contributed by atoms with Crippen molar-refractivity contribution in [3.63, 3.8) is 0 Å². The number of carboxylic acid groups (broad SMARTS) is 1. The summed E-state index contributed by atoms with van der Waals surface area (Å²) in [5.74, 6) is -1.21. The first kappa shape index (κ1) is 13.7. The van der Waals surface area contributed by atoms with E-state index < -0.39 is 29.4 Å². The molecule has 1 aliphatic rings. The van der Waals surface area contributed by atoms with E-state index in [2.05, 4.69) is 0 Å². The maximum absolute atomic E-state index is 13.8. The molecule has 0 spiro atoms. The van der Waals surface area contributed by atoms with Crippen LogP contribution in [0.25, 0.3) is 0 Å². The Kier molecular flexibility index (Phi) is 3.36. The van der Waals surface area contributed by atoms with Crippen LogP contribution in [-0.4, -0.2) is 45.9 Å². The highest BCUT2D eigenvalue weighted by molar-refractivity contribution is 5.81. The molecule has 0 aromatic carbocycles. The van der Waals surface area contributed by atoms with E-state index in [1.54, 1.807) is 20.8 Å². The number of ether oxygens (including phenoxy) is 1. The van der Waals surface area contributed by atoms with E-state index >= 15 is 0 Å². The van der Waals surface area contributed by atoms with Gasteiger partial charge in [-0.3, -0.25) is 4.90 Å². The van der Waals surface area contributed by atoms with Gasteiger partial charge in [0.05, 0.1) is 6.54 Å². The third kappa shape index (κ3) is 3.57. The van der Waals surface area contributed by atoms with Gasteiger partial charge in [-0.25, -0.2) is 14.0 Å². The average molecular weight is 247 g/mol. The molecular formula is C11H18FNO4. The molecule has 1 fully saturated rings. The van der Waals surface area contributed by atoms with Crippen LogP contribution in [-0.2, 0) is 9.53 Å². The van der Waals surface area contributed by atoms with Crippen LogP contribution in [0.3, 0.4) is 0 Å². The summed E-state index contributed by atoms with van der Waals surface area (Å²) in [6.45, 7) is 6.05. The third-order valence-corrected chi connectivity index (χ3v) is 2.41. The van der Waals surface area contributed by atoms with Crippen molar-refractivity contribution in [1.82, 2.24) is 4.90 Å². The Bertz CT molecular complexity index is 335. The SMILES string of the molecule is CC(C)(C)OC(=O)N1C[C@](C)(F)C[C@H]1C(=O)O. The number of carboxylic acids is 1. The molecule has 1 saturated heterocycles. The van der Waals surface area contributed by atoms with Crippen molar-refractivity contribution in [2.75, 3.05) is 6.54 Å². The zero-order chi connectivity index (χ0) is 13.4. The Morgan fingerprint density at radius 3 is 2.41 bits per heavy atom. The lowest BCUT2D eigenvalue weighted by molar-refractivity contribution is -0.142. The number of hydrogen-bond donors (Lipinski definition) is 1. The number of halogens is 1. The number of likely N-dealkylation sites (tertiary alicyclic amines) is 1. The fraction of sp³-hybridized carbons (Fsp3) is 0.818. The molecule has 0 radical (unpaired) electrons. The first-order valence-electron chi connectivity index (χ1n) is 5.43. The van der Waals surface area contributed by atoms with Gasteiger partial charge < -0.3 is 9.84 Å². The van der Waals surface area contributed by atoms with E-state index in [1.807, 2.05) is 0 Å². The Hall–Kier alpha value is -1.33. The van der Waals surface area contributed by atoms with Gasteiger partial charge in [-0.2, -0.15) is 0 Å². The van der Waals surface area contributed by atoms with Crippen LogP contribution in [0.5, 0.6) is 0 Å². The minimum Gasteiger partial charge on any atom is -0.480 e. The summed E-state index contributed by atoms with van der Waals surface area (Å²) in [5, 5.41) is 8.95. The van der Waals surface area contributed by atoms with Crippen LogP contribution in [0.15, 0.2) is 0 Å². The molecule has 0 aromatic rings. The number of rotatable bonds is 1. The van der Waals surface area contributed by atoms with Crippen LogP contribution in [0.2, 0.25) is 0 Å². The zero-order valence-electron chi connectivity index (χ0n) is 10.5. The Morgan fingerprint density at radius 2 is 2.00 bits per heavy atom. The monoisotopic (exact) mass is 247 g/mol. The van der Waals surface area contributed by atoms with Crippen molar-refractivity contribution in [2.24, 2.45) is 0 Å². The van der Waals surface area contributed by atoms with E-state index in [0.717, 1.165) is 4.90 Å². The summed E-state index contributed by atoms with van der Waals surface area (Å²) in [6.07, 6.45) is -0.993. The van der Waals surface area contributed by atoms with Crippen LogP contribution >= 0.6 is 0 Å². The van der Waals surface area contributed by atoms with E-state index in [-0.39, 0.29) is 13.0 Å². The zero-order valence-corrected chi connectivity index (χ0v) is 10.5. The smallest absolute Gasteiger partial charge is 0.411 e. The van der Waals surface area contributed by atoms with Crippen LogP contribution in [0.4, 0.5) is 9.18 Å². The number of hydrogen-bond acceptors (Lipinski definition) is 3. The maximum Gasteiger partial charge on any atom is 0.411 e. The molecule has 0 bridgehead atoms. The minimum absolute atomic E-state index is 0.207. The van der Waals surface area contributed by atoms with Gasteiger partial charge in [0.15, 0.2) is 0 Å². The molecule has 98 valence electrons. The van der Waals surface area contributed by atoms with Gasteiger partial charge in [0.25, 0.3) is 0 Å². The molecule has 17 heavy (non-hydrogen) atoms. The number of nitrogens with zero attached hydrogens (tertiary/aromatic N) is 1. The summed E-state index contributed by atoms with van der Waals surface area (Å²) < 4.78 is 18.8. The lowest BCUT2D eigenvalue weighted by Crippen LogP contribution is -2.43. The van der Waals surface area contributed by atoms with Crippen LogP contribution < -0.4 is 0 Å². The van der Waals surface area contributed by atoms with Gasteiger partial charge in [0.2, 0.25) is 0 Å². The summed E-state index contributed by atoms with van der Waals surface area (Å²) >= 11 is 0. The molecule has 6 heteroatoms. The Morgan fingerprint density at radius 1 is 1.47 bits per heavy atom. The predicted octanol–water partition coefficient (Wildman–Crippen LogP) is 1.81. The molecule has 0 aromatic heterocycles. The van der Waals surface area contributed by atoms with Crippen molar-refractivity contribution in [3.8, 4) is 0 Å². The van der Waals surface area contributed by atoms with Gasteiger partial charge in [0, 0.05) is 6.42 Å². The van der Waals surface area contributed by atoms with E-state index in [9.17, 15) is 14.0 Å². The Labute approximate surface area is 99.5 Å². The number of carbonyl (C=O) groups is 2. The van der Waals surface area contributed by atoms with Crippen molar-refractivity contribution >= 4 is 12.1 Å². The first-order valence-corrected chi connectivity index (χ1v) is 5.43. The highest BCUT2D eigenvalue weighted by atomic mass is 19.1. The van der Waals surface area contributed by atoms with E-state index in [1.165, 1.54) is 6.92 Å². The topological polar surface area (TPSA) is 66.8 Å². The second kappa shape index (κ2) is 4.16. The van der Waals surface area contributed by atoms with Crippen LogP contribution in [0.1, 0.15) is 34.1 Å². The molecule has 0 aliphatic carbocycles. The first-order chi connectivity index (χ1) is 7.52. The largest absolute Gasteiger partial charge is 0.480 e. The van der Waals surface area contributed by atoms with Gasteiger partial charge in [-0.05, 0) is 27.7 Å². The summed E-state index contributed by atoms with van der Waals surface area (Å²) in [4.78, 5) is 23.6. The van der Waals surface area contributed by atoms with Gasteiger partial charge >= 0.3 is 12.1 Å². The molecule has 1 amide bonds.